The maximum absolute atomic E-state index is 13.4. The minimum absolute atomic E-state index is 0.0360. The van der Waals surface area contributed by atoms with Crippen LogP contribution in [0.1, 0.15) is 50.7 Å². The standard InChI is InChI=1S/C27H36F3N3O5S/c1-5-16-31-26(35)24(6-2)32(19-20-12-14-23(38-3)15-13-20)25(34)11-8-17-33(39(4,36)37)22-10-7-9-21(18-22)27(28,29)30/h7,9-10,12-15,18,24H,5-6,8,11,16-17,19H2,1-4H3,(H,31,35)/t24-/m0/s1. The zero-order chi connectivity index (χ0) is 29.2. The minimum Gasteiger partial charge on any atom is -0.497 e. The summed E-state index contributed by atoms with van der Waals surface area (Å²) >= 11 is 0. The van der Waals surface area contributed by atoms with Crippen LogP contribution in [0.2, 0.25) is 0 Å². The number of nitrogens with zero attached hydrogens (tertiary/aromatic N) is 2. The molecule has 0 bridgehead atoms. The van der Waals surface area contributed by atoms with Crippen LogP contribution in [0, 0.1) is 0 Å². The largest absolute Gasteiger partial charge is 0.497 e. The Morgan fingerprint density at radius 3 is 2.28 bits per heavy atom. The summed E-state index contributed by atoms with van der Waals surface area (Å²) in [6.07, 6.45) is -2.73. The maximum atomic E-state index is 13.4. The molecule has 39 heavy (non-hydrogen) atoms. The average molecular weight is 572 g/mol. The molecular formula is C27H36F3N3O5S. The smallest absolute Gasteiger partial charge is 0.416 e. The van der Waals surface area contributed by atoms with E-state index in [1.807, 2.05) is 6.92 Å². The molecule has 8 nitrogen and oxygen atoms in total. The van der Waals surface area contributed by atoms with Crippen molar-refractivity contribution in [2.45, 2.75) is 58.3 Å². The van der Waals surface area contributed by atoms with Gasteiger partial charge in [-0.2, -0.15) is 13.2 Å². The topological polar surface area (TPSA) is 96.0 Å². The van der Waals surface area contributed by atoms with E-state index >= 15 is 0 Å². The highest BCUT2D eigenvalue weighted by atomic mass is 32.2. The number of rotatable bonds is 14. The van der Waals surface area contributed by atoms with E-state index in [4.69, 9.17) is 4.74 Å². The molecule has 0 aliphatic heterocycles. The van der Waals surface area contributed by atoms with Gasteiger partial charge >= 0.3 is 6.18 Å². The van der Waals surface area contributed by atoms with Crippen molar-refractivity contribution in [2.75, 3.05) is 30.8 Å². The van der Waals surface area contributed by atoms with Crippen molar-refractivity contribution in [2.24, 2.45) is 0 Å². The van der Waals surface area contributed by atoms with Crippen LogP contribution < -0.4 is 14.4 Å². The number of carbonyl (C=O) groups excluding carboxylic acids is 2. The lowest BCUT2D eigenvalue weighted by atomic mass is 10.1. The quantitative estimate of drug-likeness (QED) is 0.358. The number of anilines is 1. The van der Waals surface area contributed by atoms with Gasteiger partial charge in [0.15, 0.2) is 0 Å². The Balaban J connectivity index is 2.25. The predicted molar refractivity (Wildman–Crippen MR) is 144 cm³/mol. The zero-order valence-corrected chi connectivity index (χ0v) is 23.4. The number of alkyl halides is 3. The molecule has 0 aliphatic carbocycles. The third-order valence-electron chi connectivity index (χ3n) is 6.06. The lowest BCUT2D eigenvalue weighted by Gasteiger charge is -2.31. The van der Waals surface area contributed by atoms with Crippen LogP contribution in [-0.4, -0.2) is 57.6 Å². The van der Waals surface area contributed by atoms with E-state index in [2.05, 4.69) is 5.32 Å². The monoisotopic (exact) mass is 571 g/mol. The summed E-state index contributed by atoms with van der Waals surface area (Å²) in [4.78, 5) is 27.7. The van der Waals surface area contributed by atoms with Crippen molar-refractivity contribution in [3.63, 3.8) is 0 Å². The Morgan fingerprint density at radius 1 is 1.08 bits per heavy atom. The van der Waals surface area contributed by atoms with Gasteiger partial charge in [0.2, 0.25) is 21.8 Å². The Morgan fingerprint density at radius 2 is 1.74 bits per heavy atom. The van der Waals surface area contributed by atoms with Gasteiger partial charge < -0.3 is 15.0 Å². The van der Waals surface area contributed by atoms with Crippen molar-refractivity contribution >= 4 is 27.5 Å². The van der Waals surface area contributed by atoms with Crippen LogP contribution in [0.3, 0.4) is 0 Å². The summed E-state index contributed by atoms with van der Waals surface area (Å²) in [5, 5.41) is 2.82. The Bertz CT molecular complexity index is 1200. The molecule has 0 fully saturated rings. The molecule has 0 aliphatic rings. The van der Waals surface area contributed by atoms with Crippen molar-refractivity contribution in [3.05, 3.63) is 59.7 Å². The fraction of sp³-hybridized carbons (Fsp3) is 0.481. The molecule has 12 heteroatoms. The van der Waals surface area contributed by atoms with Crippen LogP contribution in [0.5, 0.6) is 5.75 Å². The lowest BCUT2D eigenvalue weighted by Crippen LogP contribution is -2.49. The zero-order valence-electron chi connectivity index (χ0n) is 22.6. The maximum Gasteiger partial charge on any atom is 0.416 e. The SMILES string of the molecule is CCCNC(=O)[C@H](CC)N(Cc1ccc(OC)cc1)C(=O)CCCN(c1cccc(C(F)(F)F)c1)S(C)(=O)=O. The fourth-order valence-electron chi connectivity index (χ4n) is 4.05. The van der Waals surface area contributed by atoms with Gasteiger partial charge in [0.05, 0.1) is 24.6 Å². The molecule has 1 atom stereocenters. The van der Waals surface area contributed by atoms with Crippen LogP contribution >= 0.6 is 0 Å². The molecule has 0 spiro atoms. The van der Waals surface area contributed by atoms with Gasteiger partial charge in [-0.05, 0) is 55.2 Å². The molecule has 0 saturated heterocycles. The summed E-state index contributed by atoms with van der Waals surface area (Å²) in [5.74, 6) is -0.0236. The van der Waals surface area contributed by atoms with Crippen molar-refractivity contribution in [3.8, 4) is 5.75 Å². The molecule has 2 aromatic carbocycles. The van der Waals surface area contributed by atoms with Gasteiger partial charge in [-0.1, -0.05) is 32.0 Å². The highest BCUT2D eigenvalue weighted by molar-refractivity contribution is 7.92. The van der Waals surface area contributed by atoms with E-state index in [0.29, 0.717) is 18.7 Å². The lowest BCUT2D eigenvalue weighted by molar-refractivity contribution is -0.141. The normalized spacial score (nSPS) is 12.5. The number of amides is 2. The molecule has 216 valence electrons. The number of benzene rings is 2. The molecule has 2 rings (SSSR count). The molecule has 0 saturated carbocycles. The molecule has 0 aromatic heterocycles. The number of ether oxygens (including phenoxy) is 1. The molecular weight excluding hydrogens is 535 g/mol. The second kappa shape index (κ2) is 14.2. The predicted octanol–water partition coefficient (Wildman–Crippen LogP) is 4.59. The average Bonchev–Trinajstić information content (AvgIpc) is 2.88. The van der Waals surface area contributed by atoms with Gasteiger partial charge in [0, 0.05) is 26.1 Å². The van der Waals surface area contributed by atoms with E-state index in [9.17, 15) is 31.2 Å². The van der Waals surface area contributed by atoms with E-state index in [0.717, 1.165) is 40.7 Å². The second-order valence-electron chi connectivity index (χ2n) is 9.07. The van der Waals surface area contributed by atoms with E-state index in [-0.39, 0.29) is 43.4 Å². The van der Waals surface area contributed by atoms with Crippen LogP contribution in [0.25, 0.3) is 0 Å². The highest BCUT2D eigenvalue weighted by Gasteiger charge is 2.32. The third kappa shape index (κ3) is 9.45. The van der Waals surface area contributed by atoms with Gasteiger partial charge in [0.25, 0.3) is 0 Å². The van der Waals surface area contributed by atoms with Crippen molar-refractivity contribution in [1.29, 1.82) is 0 Å². The number of hydrogen-bond acceptors (Lipinski definition) is 5. The minimum atomic E-state index is -4.63. The number of hydrogen-bond donors (Lipinski definition) is 1. The van der Waals surface area contributed by atoms with Gasteiger partial charge in [-0.15, -0.1) is 0 Å². The number of nitrogens with one attached hydrogen (secondary N) is 1. The summed E-state index contributed by atoms with van der Waals surface area (Å²) in [6.45, 7) is 4.11. The number of methoxy groups -OCH3 is 1. The molecule has 2 amide bonds. The van der Waals surface area contributed by atoms with E-state index in [1.165, 1.54) is 18.1 Å². The highest BCUT2D eigenvalue weighted by Crippen LogP contribution is 2.32. The van der Waals surface area contributed by atoms with Crippen LogP contribution in [0.15, 0.2) is 48.5 Å². The molecule has 1 N–H and O–H groups in total. The summed E-state index contributed by atoms with van der Waals surface area (Å²) < 4.78 is 70.5. The molecule has 0 radical (unpaired) electrons. The van der Waals surface area contributed by atoms with Crippen LogP contribution in [-0.2, 0) is 32.3 Å². The first-order valence-electron chi connectivity index (χ1n) is 12.7. The van der Waals surface area contributed by atoms with E-state index < -0.39 is 27.8 Å². The number of halogens is 3. The van der Waals surface area contributed by atoms with Gasteiger partial charge in [0.1, 0.15) is 11.8 Å². The van der Waals surface area contributed by atoms with Crippen LogP contribution in [0.4, 0.5) is 18.9 Å². The third-order valence-corrected chi connectivity index (χ3v) is 7.25. The first-order chi connectivity index (χ1) is 18.3. The molecule has 0 unspecified atom stereocenters. The van der Waals surface area contributed by atoms with Crippen molar-refractivity contribution < 1.29 is 35.9 Å². The molecule has 2 aromatic rings. The summed E-state index contributed by atoms with van der Waals surface area (Å²) in [7, 11) is -2.40. The Kier molecular flexibility index (Phi) is 11.6. The van der Waals surface area contributed by atoms with E-state index in [1.54, 1.807) is 31.2 Å². The summed E-state index contributed by atoms with van der Waals surface area (Å²) in [6, 6.07) is 10.4. The van der Waals surface area contributed by atoms with Crippen molar-refractivity contribution in [1.82, 2.24) is 10.2 Å². The molecule has 0 heterocycles. The Labute approximate surface area is 228 Å². The van der Waals surface area contributed by atoms with Gasteiger partial charge in [-0.25, -0.2) is 8.42 Å². The summed E-state index contributed by atoms with van der Waals surface area (Å²) in [5.41, 5.74) is -0.341. The first kappa shape index (κ1) is 31.9. The first-order valence-corrected chi connectivity index (χ1v) is 14.5. The Hall–Kier alpha value is -3.28. The second-order valence-corrected chi connectivity index (χ2v) is 11.0. The number of carbonyl (C=O) groups is 2. The fourth-order valence-corrected chi connectivity index (χ4v) is 5.01. The van der Waals surface area contributed by atoms with Gasteiger partial charge in [-0.3, -0.25) is 13.9 Å². The number of sulfonamides is 1.